The van der Waals surface area contributed by atoms with E-state index >= 15 is 4.79 Å². The summed E-state index contributed by atoms with van der Waals surface area (Å²) in [5.74, 6) is -11.9. The highest BCUT2D eigenvalue weighted by molar-refractivity contribution is 6.01. The molecule has 2 aliphatic heterocycles. The zero-order valence-corrected chi connectivity index (χ0v) is 53.0. The van der Waals surface area contributed by atoms with Crippen molar-refractivity contribution in [3.63, 3.8) is 0 Å². The third-order valence-electron chi connectivity index (χ3n) is 16.1. The third-order valence-corrected chi connectivity index (χ3v) is 16.1. The number of phenolic OH excluding ortho intramolecular Hbond substituents is 1. The maximum Gasteiger partial charge on any atom is 0.246 e. The average Bonchev–Trinajstić information content (AvgIpc) is 1.77. The fourth-order valence-corrected chi connectivity index (χ4v) is 11.3. The van der Waals surface area contributed by atoms with Gasteiger partial charge in [0.15, 0.2) is 0 Å². The minimum atomic E-state index is -1.85. The van der Waals surface area contributed by atoms with E-state index in [2.05, 4.69) is 52.8 Å². The summed E-state index contributed by atoms with van der Waals surface area (Å²) < 4.78 is 0. The summed E-state index contributed by atoms with van der Waals surface area (Å²) in [6.45, 7) is 10.7. The Bertz CT molecular complexity index is 3260. The van der Waals surface area contributed by atoms with Gasteiger partial charge in [0.2, 0.25) is 70.9 Å². The molecule has 2 aliphatic rings. The van der Waals surface area contributed by atoms with Gasteiger partial charge in [-0.05, 0) is 104 Å². The molecule has 0 radical (unpaired) electrons. The molecule has 0 aliphatic carbocycles. The Morgan fingerprint density at radius 1 is 0.522 bits per heavy atom. The second-order valence-corrected chi connectivity index (χ2v) is 24.9. The molecule has 27 nitrogen and oxygen atoms in total. The minimum Gasteiger partial charge on any atom is -0.508 e. The molecular formula is C65H90N14O13. The van der Waals surface area contributed by atoms with Gasteiger partial charge in [0.05, 0.1) is 6.42 Å². The zero-order valence-electron chi connectivity index (χ0n) is 53.0. The monoisotopic (exact) mass is 1270 g/mol. The number of nitrogens with zero attached hydrogens (tertiary/aromatic N) is 1. The first-order chi connectivity index (χ1) is 43.7. The minimum absolute atomic E-state index is 0.0242. The molecule has 2 saturated heterocycles. The smallest absolute Gasteiger partial charge is 0.246 e. The van der Waals surface area contributed by atoms with Crippen LogP contribution in [0.5, 0.6) is 5.75 Å². The molecule has 0 saturated carbocycles. The maximum atomic E-state index is 15.1. The highest BCUT2D eigenvalue weighted by Crippen LogP contribution is 2.23. The highest BCUT2D eigenvalue weighted by Gasteiger charge is 2.42. The largest absolute Gasteiger partial charge is 0.508 e. The summed E-state index contributed by atoms with van der Waals surface area (Å²) >= 11 is 0. The number of rotatable bonds is 19. The molecule has 27 heteroatoms. The second-order valence-electron chi connectivity index (χ2n) is 24.9. The lowest BCUT2D eigenvalue weighted by molar-refractivity contribution is -0.142. The number of carbonyl (C=O) groups excluding carboxylic acids is 12. The lowest BCUT2D eigenvalue weighted by Crippen LogP contribution is -2.62. The quantitative estimate of drug-likeness (QED) is 0.0583. The number of aromatic amines is 1. The Kier molecular flexibility index (Phi) is 26.6. The van der Waals surface area contributed by atoms with Crippen LogP contribution in [0.15, 0.2) is 85.1 Å². The van der Waals surface area contributed by atoms with Crippen LogP contribution in [0, 0.1) is 17.8 Å². The number of nitrogens with two attached hydrogens (primary N) is 3. The third kappa shape index (κ3) is 21.1. The molecule has 0 bridgehead atoms. The van der Waals surface area contributed by atoms with Crippen molar-refractivity contribution in [1.82, 2.24) is 57.7 Å². The van der Waals surface area contributed by atoms with E-state index in [0.717, 1.165) is 0 Å². The number of carbonyl (C=O) groups is 12. The van der Waals surface area contributed by atoms with E-state index in [1.807, 2.05) is 27.7 Å². The number of aromatic hydroxyl groups is 1. The molecule has 3 heterocycles. The first-order valence-electron chi connectivity index (χ1n) is 31.4. The summed E-state index contributed by atoms with van der Waals surface area (Å²) in [7, 11) is 0. The van der Waals surface area contributed by atoms with Crippen molar-refractivity contribution in [3.8, 4) is 5.75 Å². The molecule has 3 aromatic carbocycles. The predicted molar refractivity (Wildman–Crippen MR) is 340 cm³/mol. The van der Waals surface area contributed by atoms with Crippen molar-refractivity contribution in [1.29, 1.82) is 0 Å². The average molecular weight is 1280 g/mol. The summed E-state index contributed by atoms with van der Waals surface area (Å²) in [5.41, 5.74) is 19.4. The van der Waals surface area contributed by atoms with Gasteiger partial charge in [-0.1, -0.05) is 102 Å². The van der Waals surface area contributed by atoms with Gasteiger partial charge in [-0.3, -0.25) is 57.5 Å². The van der Waals surface area contributed by atoms with Crippen molar-refractivity contribution >= 4 is 81.8 Å². The molecule has 498 valence electrons. The van der Waals surface area contributed by atoms with E-state index in [-0.39, 0.29) is 82.0 Å². The van der Waals surface area contributed by atoms with Gasteiger partial charge in [0.25, 0.3) is 0 Å². The van der Waals surface area contributed by atoms with Crippen molar-refractivity contribution in [2.45, 2.75) is 179 Å². The van der Waals surface area contributed by atoms with Gasteiger partial charge in [0, 0.05) is 49.3 Å². The van der Waals surface area contributed by atoms with E-state index in [0.29, 0.717) is 34.0 Å². The molecule has 10 atom stereocenters. The molecule has 6 rings (SSSR count). The lowest BCUT2D eigenvalue weighted by atomic mass is 9.98. The topological polar surface area (TPSA) is 430 Å². The van der Waals surface area contributed by atoms with E-state index in [1.54, 1.807) is 74.6 Å². The Hall–Kier alpha value is -9.40. The van der Waals surface area contributed by atoms with E-state index in [4.69, 9.17) is 17.2 Å². The van der Waals surface area contributed by atoms with Gasteiger partial charge in [-0.25, -0.2) is 0 Å². The van der Waals surface area contributed by atoms with Gasteiger partial charge in [0.1, 0.15) is 66.2 Å². The van der Waals surface area contributed by atoms with Gasteiger partial charge >= 0.3 is 0 Å². The highest BCUT2D eigenvalue weighted by atomic mass is 16.3. The number of H-pyrrole nitrogens is 1. The van der Waals surface area contributed by atoms with Crippen LogP contribution in [0.2, 0.25) is 0 Å². The summed E-state index contributed by atoms with van der Waals surface area (Å²) in [6.07, 6.45) is 0.0637. The SMILES string of the molecule is CC(C)C[C@@H]1NC(=O)[C@@H](CCCN)NC(=O)[C@H](C(C)C)NC(=O)[C@H](Cc2ccc(O)cc2)NC(=O)[C@@H](CCC(N)=O)NC(=O)[C@@H](CC(N)=O)NC(=O)[C@@H](Cc2c[nH]c3ccccc23)NC(=O)[C@@H](CC(C)C)NC(=O)[C@@H]2CCCN2C(=O)[C@H](Cc2ccccc2)NC1=O. The number of para-hydroxylation sites is 1. The van der Waals surface area contributed by atoms with Crippen LogP contribution in [-0.4, -0.2) is 159 Å². The van der Waals surface area contributed by atoms with Crippen molar-refractivity contribution in [3.05, 3.63) is 102 Å². The van der Waals surface area contributed by atoms with Crippen molar-refractivity contribution in [2.24, 2.45) is 35.0 Å². The number of primary amides is 2. The Labute approximate surface area is 534 Å². The molecule has 1 aromatic heterocycles. The molecule has 4 aromatic rings. The Balaban J connectivity index is 1.46. The molecule has 17 N–H and O–H groups in total. The number of fused-ring (bicyclic) bond motifs is 2. The number of hydrogen-bond donors (Lipinski definition) is 14. The van der Waals surface area contributed by atoms with Gasteiger partial charge < -0.3 is 80.0 Å². The van der Waals surface area contributed by atoms with Crippen molar-refractivity contribution in [2.75, 3.05) is 13.1 Å². The second kappa shape index (κ2) is 34.1. The standard InChI is InChI=1S/C65H90N14O13/c1-35(2)28-46-59(86)77-51(31-38-14-8-7-9-15-38)65(92)79-27-13-19-52(79)63(90)76-47(29-36(3)4)58(85)74-49(32-40-34-69-43-17-11-10-16-42(40)43)60(87)75-50(33-54(68)82)61(88)70-45(24-25-53(67)81)57(84)73-48(30-39-20-22-41(80)23-21-39)62(89)78-55(37(5)6)64(91)71-44(18-12-26-66)56(83)72-46/h7-11,14-17,20-23,34-37,44-52,55,69,80H,12-13,18-19,24-33,66H2,1-6H3,(H2,67,81)(H2,68,82)(H,70,88)(H,71,91)(H,72,83)(H,73,84)(H,74,85)(H,75,87)(H,76,90)(H,77,86)(H,78,89)/t44-,45-,46+,47-,48+,49-,50-,51+,52+,55+/m1/s1. The summed E-state index contributed by atoms with van der Waals surface area (Å²) in [5, 5.41) is 35.1. The molecule has 2 fully saturated rings. The molecule has 0 unspecified atom stereocenters. The number of aromatic nitrogens is 1. The normalized spacial score (nSPS) is 24.1. The number of benzene rings is 3. The Morgan fingerprint density at radius 2 is 1.00 bits per heavy atom. The van der Waals surface area contributed by atoms with Crippen LogP contribution in [0.1, 0.15) is 116 Å². The lowest BCUT2D eigenvalue weighted by Gasteiger charge is -2.32. The zero-order chi connectivity index (χ0) is 67.3. The Morgan fingerprint density at radius 3 is 1.60 bits per heavy atom. The molecule has 0 spiro atoms. The van der Waals surface area contributed by atoms with Crippen LogP contribution in [0.25, 0.3) is 10.9 Å². The summed E-state index contributed by atoms with van der Waals surface area (Å²) in [4.78, 5) is 177. The van der Waals surface area contributed by atoms with E-state index in [1.165, 1.54) is 29.2 Å². The fraction of sp³-hybridized carbons (Fsp3) is 0.508. The maximum absolute atomic E-state index is 15.1. The first-order valence-corrected chi connectivity index (χ1v) is 31.4. The molecular weight excluding hydrogens is 1180 g/mol. The van der Waals surface area contributed by atoms with Crippen molar-refractivity contribution < 1.29 is 62.6 Å². The number of phenols is 1. The van der Waals surface area contributed by atoms with Gasteiger partial charge in [-0.2, -0.15) is 0 Å². The van der Waals surface area contributed by atoms with E-state index < -0.39 is 156 Å². The van der Waals surface area contributed by atoms with Crippen LogP contribution in [0.4, 0.5) is 0 Å². The fourth-order valence-electron chi connectivity index (χ4n) is 11.3. The van der Waals surface area contributed by atoms with Crippen LogP contribution in [0.3, 0.4) is 0 Å². The predicted octanol–water partition coefficient (Wildman–Crippen LogP) is -0.103. The number of amides is 12. The van der Waals surface area contributed by atoms with Crippen LogP contribution in [-0.2, 0) is 76.8 Å². The van der Waals surface area contributed by atoms with Crippen LogP contribution < -0.4 is 65.1 Å². The summed E-state index contributed by atoms with van der Waals surface area (Å²) in [6, 6.07) is 7.11. The van der Waals surface area contributed by atoms with Gasteiger partial charge in [-0.15, -0.1) is 0 Å². The first kappa shape index (κ1) is 71.7. The molecule has 92 heavy (non-hydrogen) atoms. The number of nitrogens with one attached hydrogen (secondary N) is 10. The molecule has 12 amide bonds. The van der Waals surface area contributed by atoms with Crippen LogP contribution >= 0.6 is 0 Å². The number of hydrogen-bond acceptors (Lipinski definition) is 14. The van der Waals surface area contributed by atoms with E-state index in [9.17, 15) is 57.8 Å².